The van der Waals surface area contributed by atoms with Gasteiger partial charge in [0.15, 0.2) is 0 Å². The van der Waals surface area contributed by atoms with Crippen LogP contribution in [-0.2, 0) is 7.05 Å². The minimum absolute atomic E-state index is 0.884. The number of aromatic nitrogens is 2. The maximum atomic E-state index is 4.25. The molecule has 0 radical (unpaired) electrons. The van der Waals surface area contributed by atoms with E-state index in [2.05, 4.69) is 37.9 Å². The zero-order valence-corrected chi connectivity index (χ0v) is 11.2. The maximum Gasteiger partial charge on any atom is 0.139 e. The summed E-state index contributed by atoms with van der Waals surface area (Å²) in [6.07, 6.45) is 5.06. The molecule has 0 N–H and O–H groups in total. The first kappa shape index (κ1) is 13.5. The summed E-state index contributed by atoms with van der Waals surface area (Å²) in [5.74, 6) is 1.89. The molecule has 1 aromatic heterocycles. The Hall–Kier alpha value is -1.57. The molecule has 0 spiro atoms. The van der Waals surface area contributed by atoms with Gasteiger partial charge in [-0.3, -0.25) is 0 Å². The van der Waals surface area contributed by atoms with Crippen LogP contribution in [-0.4, -0.2) is 9.55 Å². The van der Waals surface area contributed by atoms with Crippen LogP contribution in [0.5, 0.6) is 0 Å². The SMILES string of the molecule is CCC(C)C.Cn1ccnc1-c1ccccc1. The number of benzene rings is 1. The number of hydrogen-bond donors (Lipinski definition) is 0. The third-order valence-electron chi connectivity index (χ3n) is 2.67. The lowest BCUT2D eigenvalue weighted by Gasteiger charge is -1.99. The van der Waals surface area contributed by atoms with Crippen molar-refractivity contribution < 1.29 is 0 Å². The Morgan fingerprint density at radius 3 is 2.18 bits per heavy atom. The van der Waals surface area contributed by atoms with Crippen LogP contribution in [0.3, 0.4) is 0 Å². The van der Waals surface area contributed by atoms with Crippen molar-refractivity contribution in [2.24, 2.45) is 13.0 Å². The predicted octanol–water partition coefficient (Wildman–Crippen LogP) is 4.14. The van der Waals surface area contributed by atoms with Gasteiger partial charge in [0.05, 0.1) is 0 Å². The van der Waals surface area contributed by atoms with Crippen LogP contribution in [0.15, 0.2) is 42.7 Å². The largest absolute Gasteiger partial charge is 0.334 e. The Labute approximate surface area is 104 Å². The van der Waals surface area contributed by atoms with Crippen LogP contribution in [0.1, 0.15) is 27.2 Å². The Morgan fingerprint density at radius 2 is 1.76 bits per heavy atom. The molecule has 1 aromatic carbocycles. The fourth-order valence-corrected chi connectivity index (χ4v) is 1.23. The summed E-state index contributed by atoms with van der Waals surface area (Å²) < 4.78 is 2.01. The lowest BCUT2D eigenvalue weighted by atomic mass is 10.2. The number of aryl methyl sites for hydroxylation is 1. The third-order valence-corrected chi connectivity index (χ3v) is 2.67. The highest BCUT2D eigenvalue weighted by Crippen LogP contribution is 2.14. The van der Waals surface area contributed by atoms with E-state index in [0.29, 0.717) is 0 Å². The molecule has 0 saturated heterocycles. The highest BCUT2D eigenvalue weighted by molar-refractivity contribution is 5.54. The molecule has 2 heteroatoms. The molecule has 0 bridgehead atoms. The Balaban J connectivity index is 0.000000249. The minimum atomic E-state index is 0.884. The molecule has 0 amide bonds. The van der Waals surface area contributed by atoms with Crippen molar-refractivity contribution in [1.29, 1.82) is 0 Å². The van der Waals surface area contributed by atoms with E-state index in [1.54, 1.807) is 0 Å². The lowest BCUT2D eigenvalue weighted by Crippen LogP contribution is -1.89. The van der Waals surface area contributed by atoms with Gasteiger partial charge in [0.25, 0.3) is 0 Å². The van der Waals surface area contributed by atoms with Crippen LogP contribution >= 0.6 is 0 Å². The van der Waals surface area contributed by atoms with Crippen molar-refractivity contribution in [3.8, 4) is 11.4 Å². The first-order valence-electron chi connectivity index (χ1n) is 6.17. The number of hydrogen-bond acceptors (Lipinski definition) is 1. The van der Waals surface area contributed by atoms with Crippen LogP contribution < -0.4 is 0 Å². The topological polar surface area (TPSA) is 17.8 Å². The number of nitrogens with zero attached hydrogens (tertiary/aromatic N) is 2. The fourth-order valence-electron chi connectivity index (χ4n) is 1.23. The Kier molecular flexibility index (Phi) is 5.47. The molecule has 2 aromatic rings. The average Bonchev–Trinajstić information content (AvgIpc) is 2.77. The van der Waals surface area contributed by atoms with Crippen molar-refractivity contribution in [3.05, 3.63) is 42.7 Å². The quantitative estimate of drug-likeness (QED) is 0.758. The normalized spacial score (nSPS) is 9.94. The predicted molar refractivity (Wildman–Crippen MR) is 73.8 cm³/mol. The molecule has 0 aliphatic heterocycles. The summed E-state index contributed by atoms with van der Waals surface area (Å²) in [4.78, 5) is 4.25. The van der Waals surface area contributed by atoms with E-state index >= 15 is 0 Å². The van der Waals surface area contributed by atoms with Crippen LogP contribution in [0.2, 0.25) is 0 Å². The van der Waals surface area contributed by atoms with Gasteiger partial charge in [-0.2, -0.15) is 0 Å². The molecule has 2 rings (SSSR count). The van der Waals surface area contributed by atoms with Crippen molar-refractivity contribution in [3.63, 3.8) is 0 Å². The van der Waals surface area contributed by atoms with E-state index in [-0.39, 0.29) is 0 Å². The zero-order valence-electron chi connectivity index (χ0n) is 11.2. The van der Waals surface area contributed by atoms with Gasteiger partial charge in [-0.05, 0) is 5.92 Å². The molecule has 0 fully saturated rings. The summed E-state index contributed by atoms with van der Waals surface area (Å²) in [5.41, 5.74) is 1.16. The van der Waals surface area contributed by atoms with Gasteiger partial charge in [0, 0.05) is 25.0 Å². The van der Waals surface area contributed by atoms with E-state index < -0.39 is 0 Å². The van der Waals surface area contributed by atoms with Crippen molar-refractivity contribution in [1.82, 2.24) is 9.55 Å². The van der Waals surface area contributed by atoms with Gasteiger partial charge in [0.1, 0.15) is 5.82 Å². The molecule has 0 aliphatic carbocycles. The lowest BCUT2D eigenvalue weighted by molar-refractivity contribution is 0.626. The van der Waals surface area contributed by atoms with E-state index in [4.69, 9.17) is 0 Å². The second kappa shape index (κ2) is 6.89. The molecular weight excluding hydrogens is 208 g/mol. The highest BCUT2D eigenvalue weighted by atomic mass is 15.0. The Bertz CT molecular complexity index is 415. The van der Waals surface area contributed by atoms with E-state index in [0.717, 1.165) is 17.3 Å². The van der Waals surface area contributed by atoms with Crippen LogP contribution in [0.25, 0.3) is 11.4 Å². The van der Waals surface area contributed by atoms with Gasteiger partial charge < -0.3 is 4.57 Å². The maximum absolute atomic E-state index is 4.25. The first-order valence-corrected chi connectivity index (χ1v) is 6.17. The summed E-state index contributed by atoms with van der Waals surface area (Å²) in [6.45, 7) is 6.64. The molecule has 17 heavy (non-hydrogen) atoms. The smallest absolute Gasteiger partial charge is 0.139 e. The van der Waals surface area contributed by atoms with Gasteiger partial charge >= 0.3 is 0 Å². The molecule has 0 aliphatic rings. The number of imidazole rings is 1. The highest BCUT2D eigenvalue weighted by Gasteiger charge is 1.99. The second-order valence-electron chi connectivity index (χ2n) is 4.53. The average molecular weight is 230 g/mol. The minimum Gasteiger partial charge on any atom is -0.334 e. The molecule has 0 unspecified atom stereocenters. The third kappa shape index (κ3) is 4.43. The van der Waals surface area contributed by atoms with E-state index in [9.17, 15) is 0 Å². The summed E-state index contributed by atoms with van der Waals surface area (Å²) >= 11 is 0. The van der Waals surface area contributed by atoms with E-state index in [1.165, 1.54) is 6.42 Å². The van der Waals surface area contributed by atoms with Gasteiger partial charge in [0.2, 0.25) is 0 Å². The van der Waals surface area contributed by atoms with E-state index in [1.807, 2.05) is 42.2 Å². The second-order valence-corrected chi connectivity index (χ2v) is 4.53. The monoisotopic (exact) mass is 230 g/mol. The summed E-state index contributed by atoms with van der Waals surface area (Å²) in [5, 5.41) is 0. The van der Waals surface area contributed by atoms with Crippen LogP contribution in [0, 0.1) is 5.92 Å². The standard InChI is InChI=1S/C10H10N2.C5H12/c1-12-8-7-11-10(12)9-5-3-2-4-6-9;1-4-5(2)3/h2-8H,1H3;5H,4H2,1-3H3. The van der Waals surface area contributed by atoms with Crippen molar-refractivity contribution in [2.75, 3.05) is 0 Å². The zero-order chi connectivity index (χ0) is 12.7. The first-order chi connectivity index (χ1) is 8.15. The molecule has 0 saturated carbocycles. The van der Waals surface area contributed by atoms with Crippen molar-refractivity contribution >= 4 is 0 Å². The Morgan fingerprint density at radius 1 is 1.18 bits per heavy atom. The molecule has 92 valence electrons. The van der Waals surface area contributed by atoms with Gasteiger partial charge in [-0.25, -0.2) is 4.98 Å². The van der Waals surface area contributed by atoms with Crippen molar-refractivity contribution in [2.45, 2.75) is 27.2 Å². The molecule has 1 heterocycles. The summed E-state index contributed by atoms with van der Waals surface area (Å²) in [7, 11) is 2.00. The van der Waals surface area contributed by atoms with Gasteiger partial charge in [-0.1, -0.05) is 57.5 Å². The molecular formula is C15H22N2. The van der Waals surface area contributed by atoms with Gasteiger partial charge in [-0.15, -0.1) is 0 Å². The number of rotatable bonds is 2. The molecule has 0 atom stereocenters. The summed E-state index contributed by atoms with van der Waals surface area (Å²) in [6, 6.07) is 10.2. The molecule has 2 nitrogen and oxygen atoms in total. The fraction of sp³-hybridized carbons (Fsp3) is 0.400. The van der Waals surface area contributed by atoms with Crippen LogP contribution in [0.4, 0.5) is 0 Å².